The van der Waals surface area contributed by atoms with Gasteiger partial charge >= 0.3 is 0 Å². The summed E-state index contributed by atoms with van der Waals surface area (Å²) in [5, 5.41) is 15.7. The normalized spacial score (nSPS) is 10.9. The number of hydrogen-bond acceptors (Lipinski definition) is 1. The summed E-state index contributed by atoms with van der Waals surface area (Å²) in [5.41, 5.74) is 2.01. The van der Waals surface area contributed by atoms with Gasteiger partial charge in [0.2, 0.25) is 0 Å². The number of nitriles is 1. The highest BCUT2D eigenvalue weighted by Gasteiger charge is 2.45. The lowest BCUT2D eigenvalue weighted by atomic mass is 10.1. The van der Waals surface area contributed by atoms with Crippen LogP contribution in [-0.2, 0) is 6.16 Å². The third-order valence-electron chi connectivity index (χ3n) is 6.04. The average Bonchev–Trinajstić information content (AvgIpc) is 2.88. The van der Waals surface area contributed by atoms with E-state index in [9.17, 15) is 5.26 Å². The van der Waals surface area contributed by atoms with Crippen LogP contribution in [0.3, 0.4) is 0 Å². The summed E-state index contributed by atoms with van der Waals surface area (Å²) >= 11 is 0. The van der Waals surface area contributed by atoms with Crippen LogP contribution in [0.2, 0.25) is 0 Å². The smallest absolute Gasteiger partial charge is 0.116 e. The van der Waals surface area contributed by atoms with E-state index >= 15 is 0 Å². The van der Waals surface area contributed by atoms with Crippen molar-refractivity contribution in [3.05, 3.63) is 139 Å². The number of rotatable bonds is 5. The Bertz CT molecular complexity index is 1300. The van der Waals surface area contributed by atoms with Crippen molar-refractivity contribution in [1.82, 2.24) is 0 Å². The van der Waals surface area contributed by atoms with E-state index < -0.39 is 7.26 Å². The Balaban J connectivity index is 0.00000259. The van der Waals surface area contributed by atoms with E-state index in [2.05, 4.69) is 121 Å². The topological polar surface area (TPSA) is 23.8 Å². The van der Waals surface area contributed by atoms with Crippen LogP contribution in [0.15, 0.2) is 127 Å². The van der Waals surface area contributed by atoms with Gasteiger partial charge in [-0.2, -0.15) is 5.26 Å². The Morgan fingerprint density at radius 1 is 0.545 bits per heavy atom. The minimum absolute atomic E-state index is 0. The lowest BCUT2D eigenvalue weighted by Gasteiger charge is -2.28. The van der Waals surface area contributed by atoms with Crippen LogP contribution in [0.1, 0.15) is 11.1 Å². The van der Waals surface area contributed by atoms with Crippen molar-refractivity contribution in [2.45, 2.75) is 6.16 Å². The SMILES string of the molecule is N#Cc1ccc2cc(C[P+](c3ccccc3)(c3ccccc3)c3ccccc3)ccc2c1.[Br-]. The Morgan fingerprint density at radius 2 is 1.00 bits per heavy atom. The van der Waals surface area contributed by atoms with Gasteiger partial charge in [-0.25, -0.2) is 0 Å². The van der Waals surface area contributed by atoms with E-state index in [1.54, 1.807) is 0 Å². The van der Waals surface area contributed by atoms with E-state index in [4.69, 9.17) is 0 Å². The maximum absolute atomic E-state index is 9.24. The number of hydrogen-bond donors (Lipinski definition) is 0. The molecule has 0 amide bonds. The Hall–Kier alpha value is -3.24. The molecular formula is C30H23BrNP. The monoisotopic (exact) mass is 507 g/mol. The zero-order valence-corrected chi connectivity index (χ0v) is 20.6. The number of fused-ring (bicyclic) bond motifs is 1. The molecule has 0 aromatic heterocycles. The zero-order valence-electron chi connectivity index (χ0n) is 18.1. The van der Waals surface area contributed by atoms with E-state index in [1.165, 1.54) is 26.9 Å². The Morgan fingerprint density at radius 3 is 1.48 bits per heavy atom. The molecule has 0 N–H and O–H groups in total. The molecule has 5 aromatic rings. The maximum atomic E-state index is 9.24. The first kappa shape index (κ1) is 22.9. The van der Waals surface area contributed by atoms with E-state index in [-0.39, 0.29) is 17.0 Å². The maximum Gasteiger partial charge on any atom is 0.116 e. The molecule has 0 aliphatic heterocycles. The first-order chi connectivity index (χ1) is 15.8. The van der Waals surface area contributed by atoms with Gasteiger partial charge in [-0.1, -0.05) is 72.8 Å². The lowest BCUT2D eigenvalue weighted by Crippen LogP contribution is -3.00. The van der Waals surface area contributed by atoms with Crippen molar-refractivity contribution in [3.63, 3.8) is 0 Å². The van der Waals surface area contributed by atoms with Gasteiger partial charge in [0.05, 0.1) is 17.8 Å². The average molecular weight is 508 g/mol. The van der Waals surface area contributed by atoms with E-state index in [0.717, 1.165) is 11.5 Å². The molecule has 3 heteroatoms. The molecule has 160 valence electrons. The second-order valence-corrected chi connectivity index (χ2v) is 11.5. The van der Waals surface area contributed by atoms with Crippen molar-refractivity contribution >= 4 is 33.9 Å². The van der Waals surface area contributed by atoms with Gasteiger partial charge in [0.25, 0.3) is 0 Å². The summed E-state index contributed by atoms with van der Waals surface area (Å²) in [6, 6.07) is 47.8. The lowest BCUT2D eigenvalue weighted by molar-refractivity contribution is -0.00000637. The molecule has 0 aliphatic carbocycles. The second-order valence-electron chi connectivity index (χ2n) is 7.98. The number of halogens is 1. The van der Waals surface area contributed by atoms with Gasteiger partial charge in [0, 0.05) is 0 Å². The largest absolute Gasteiger partial charge is 1.00 e. The van der Waals surface area contributed by atoms with Gasteiger partial charge in [-0.3, -0.25) is 0 Å². The van der Waals surface area contributed by atoms with Gasteiger partial charge in [0.15, 0.2) is 0 Å². The minimum Gasteiger partial charge on any atom is -1.00 e. The first-order valence-electron chi connectivity index (χ1n) is 10.8. The summed E-state index contributed by atoms with van der Waals surface area (Å²) in [7, 11) is -1.92. The van der Waals surface area contributed by atoms with Crippen LogP contribution in [0.4, 0.5) is 0 Å². The molecule has 0 saturated heterocycles. The predicted octanol–water partition coefficient (Wildman–Crippen LogP) is 3.21. The molecule has 0 bridgehead atoms. The molecule has 0 heterocycles. The van der Waals surface area contributed by atoms with Gasteiger partial charge in [0.1, 0.15) is 23.2 Å². The molecule has 0 atom stereocenters. The van der Waals surface area contributed by atoms with Crippen LogP contribution in [0.5, 0.6) is 0 Å². The fraction of sp³-hybridized carbons (Fsp3) is 0.0333. The quantitative estimate of drug-likeness (QED) is 0.335. The highest BCUT2D eigenvalue weighted by Crippen LogP contribution is 2.58. The molecular weight excluding hydrogens is 485 g/mol. The molecule has 0 unspecified atom stereocenters. The van der Waals surface area contributed by atoms with Crippen LogP contribution >= 0.6 is 7.26 Å². The third-order valence-corrected chi connectivity index (χ3v) is 10.4. The van der Waals surface area contributed by atoms with Crippen LogP contribution < -0.4 is 32.9 Å². The fourth-order valence-corrected chi connectivity index (χ4v) is 8.74. The standard InChI is InChI=1S/C30H23NP.BrH/c31-22-24-16-18-27-21-25(17-19-26(27)20-24)23-32(28-10-4-1-5-11-28,29-12-6-2-7-13-29)30-14-8-3-9-15-30;/h1-21H,23H2;1H/q+1;/p-1. The van der Waals surface area contributed by atoms with Crippen LogP contribution in [-0.4, -0.2) is 0 Å². The fourth-order valence-electron chi connectivity index (χ4n) is 4.51. The predicted molar refractivity (Wildman–Crippen MR) is 138 cm³/mol. The highest BCUT2D eigenvalue weighted by atomic mass is 79.9. The van der Waals surface area contributed by atoms with Crippen molar-refractivity contribution in [2.24, 2.45) is 0 Å². The van der Waals surface area contributed by atoms with Crippen LogP contribution in [0.25, 0.3) is 10.8 Å². The first-order valence-corrected chi connectivity index (χ1v) is 12.7. The molecule has 0 aliphatic rings. The summed E-state index contributed by atoms with van der Waals surface area (Å²) in [6.07, 6.45) is 0.945. The molecule has 0 radical (unpaired) electrons. The molecule has 0 spiro atoms. The molecule has 5 aromatic carbocycles. The zero-order chi connectivity index (χ0) is 21.8. The van der Waals surface area contributed by atoms with Gasteiger partial charge in [-0.05, 0) is 70.9 Å². The third kappa shape index (κ3) is 4.49. The van der Waals surface area contributed by atoms with Crippen molar-refractivity contribution < 1.29 is 17.0 Å². The van der Waals surface area contributed by atoms with Crippen molar-refractivity contribution in [1.29, 1.82) is 5.26 Å². The van der Waals surface area contributed by atoms with E-state index in [0.29, 0.717) is 5.56 Å². The van der Waals surface area contributed by atoms with Crippen LogP contribution in [0, 0.1) is 11.3 Å². The summed E-state index contributed by atoms with van der Waals surface area (Å²) < 4.78 is 0. The molecule has 1 nitrogen and oxygen atoms in total. The second kappa shape index (κ2) is 10.1. The summed E-state index contributed by atoms with van der Waals surface area (Å²) in [5.74, 6) is 0. The van der Waals surface area contributed by atoms with E-state index in [1.807, 2.05) is 12.1 Å². The molecule has 5 rings (SSSR count). The molecule has 33 heavy (non-hydrogen) atoms. The Labute approximate surface area is 206 Å². The Kier molecular flexibility index (Phi) is 7.05. The summed E-state index contributed by atoms with van der Waals surface area (Å²) in [4.78, 5) is 0. The number of nitrogens with zero attached hydrogens (tertiary/aromatic N) is 1. The highest BCUT2D eigenvalue weighted by molar-refractivity contribution is 7.95. The van der Waals surface area contributed by atoms with Crippen molar-refractivity contribution in [2.75, 3.05) is 0 Å². The minimum atomic E-state index is -1.92. The molecule has 0 fully saturated rings. The number of benzene rings is 5. The van der Waals surface area contributed by atoms with Gasteiger partial charge in [-0.15, -0.1) is 0 Å². The summed E-state index contributed by atoms with van der Waals surface area (Å²) in [6.45, 7) is 0. The van der Waals surface area contributed by atoms with Gasteiger partial charge < -0.3 is 17.0 Å². The van der Waals surface area contributed by atoms with Crippen molar-refractivity contribution in [3.8, 4) is 6.07 Å². The molecule has 0 saturated carbocycles.